The molecule has 0 unspecified atom stereocenters. The highest BCUT2D eigenvalue weighted by molar-refractivity contribution is 6.01. The lowest BCUT2D eigenvalue weighted by atomic mass is 9.68. The van der Waals surface area contributed by atoms with Crippen molar-refractivity contribution in [2.45, 2.75) is 89.1 Å². The SMILES string of the molecule is COc1ccc(CN2CCC3(CCCCC3)CC2)c(OC)c1-c1cccc2c(C[C@H](NC(=O)C3(C(F)(F)F)CCN(CC(F)(F)F)CC3)C(=O)O)cccc12. The number of likely N-dealkylation sites (tertiary alicyclic amines) is 2. The van der Waals surface area contributed by atoms with E-state index in [1.807, 2.05) is 24.3 Å². The summed E-state index contributed by atoms with van der Waals surface area (Å²) in [5.74, 6) is -1.90. The number of aliphatic carboxylic acids is 1. The maximum absolute atomic E-state index is 14.5. The molecule has 2 N–H and O–H groups in total. The summed E-state index contributed by atoms with van der Waals surface area (Å²) in [6, 6.07) is 12.9. The minimum absolute atomic E-state index is 0.346. The molecule has 0 radical (unpaired) electrons. The second-order valence-electron chi connectivity index (χ2n) is 15.5. The topological polar surface area (TPSA) is 91.3 Å². The van der Waals surface area contributed by atoms with Gasteiger partial charge in [-0.05, 0) is 98.1 Å². The molecule has 3 fully saturated rings. The summed E-state index contributed by atoms with van der Waals surface area (Å²) in [6.45, 7) is 0.0524. The predicted octanol–water partition coefficient (Wildman–Crippen LogP) is 8.39. The molecule has 1 atom stereocenters. The molecule has 8 nitrogen and oxygen atoms in total. The number of piperidine rings is 2. The van der Waals surface area contributed by atoms with Crippen molar-refractivity contribution in [1.82, 2.24) is 15.1 Å². The number of nitrogens with one attached hydrogen (secondary N) is 1. The van der Waals surface area contributed by atoms with Crippen LogP contribution in [0.5, 0.6) is 11.5 Å². The van der Waals surface area contributed by atoms with Gasteiger partial charge in [-0.3, -0.25) is 14.6 Å². The monoisotopic (exact) mass is 777 g/mol. The Labute approximate surface area is 317 Å². The van der Waals surface area contributed by atoms with Crippen molar-refractivity contribution in [3.05, 3.63) is 59.7 Å². The van der Waals surface area contributed by atoms with Crippen LogP contribution in [-0.2, 0) is 22.6 Å². The third kappa shape index (κ3) is 8.70. The Bertz CT molecular complexity index is 1840. The molecule has 3 aromatic rings. The van der Waals surface area contributed by atoms with E-state index in [-0.39, 0.29) is 6.42 Å². The van der Waals surface area contributed by atoms with Gasteiger partial charge in [-0.15, -0.1) is 0 Å². The van der Waals surface area contributed by atoms with Crippen molar-refractivity contribution in [2.75, 3.05) is 46.9 Å². The van der Waals surface area contributed by atoms with Crippen LogP contribution in [-0.4, -0.2) is 92.1 Å². The van der Waals surface area contributed by atoms with Crippen LogP contribution in [0.15, 0.2) is 48.5 Å². The quantitative estimate of drug-likeness (QED) is 0.189. The fourth-order valence-electron chi connectivity index (χ4n) is 9.09. The fourth-order valence-corrected chi connectivity index (χ4v) is 9.09. The number of halogens is 6. The average Bonchev–Trinajstić information content (AvgIpc) is 3.14. The van der Waals surface area contributed by atoms with Crippen molar-refractivity contribution in [3.63, 3.8) is 0 Å². The molecular formula is C41H49F6N3O5. The van der Waals surface area contributed by atoms with Gasteiger partial charge >= 0.3 is 18.3 Å². The van der Waals surface area contributed by atoms with E-state index in [9.17, 15) is 41.0 Å². The summed E-state index contributed by atoms with van der Waals surface area (Å²) in [6.07, 6.45) is -3.01. The summed E-state index contributed by atoms with van der Waals surface area (Å²) in [5.41, 5.74) is 0.336. The van der Waals surface area contributed by atoms with Gasteiger partial charge in [0.05, 0.1) is 26.3 Å². The Balaban J connectivity index is 1.26. The Morgan fingerprint density at radius 1 is 0.782 bits per heavy atom. The number of amides is 1. The van der Waals surface area contributed by atoms with Gasteiger partial charge < -0.3 is 19.9 Å². The number of hydrogen-bond donors (Lipinski definition) is 2. The molecule has 55 heavy (non-hydrogen) atoms. The fraction of sp³-hybridized carbons (Fsp3) is 0.561. The maximum atomic E-state index is 14.5. The van der Waals surface area contributed by atoms with E-state index in [2.05, 4.69) is 10.2 Å². The molecular weight excluding hydrogens is 728 g/mol. The zero-order valence-corrected chi connectivity index (χ0v) is 31.3. The Morgan fingerprint density at radius 2 is 1.42 bits per heavy atom. The molecule has 2 heterocycles. The van der Waals surface area contributed by atoms with Crippen molar-refractivity contribution < 1.29 is 50.5 Å². The molecule has 3 aliphatic rings. The highest BCUT2D eigenvalue weighted by Gasteiger charge is 2.61. The van der Waals surface area contributed by atoms with E-state index in [1.54, 1.807) is 38.5 Å². The normalized spacial score (nSPS) is 19.9. The zero-order chi connectivity index (χ0) is 39.6. The summed E-state index contributed by atoms with van der Waals surface area (Å²) < 4.78 is 94.2. The maximum Gasteiger partial charge on any atom is 0.403 e. The number of fused-ring (bicyclic) bond motifs is 1. The molecule has 300 valence electrons. The summed E-state index contributed by atoms with van der Waals surface area (Å²) in [5, 5.41) is 13.6. The smallest absolute Gasteiger partial charge is 0.403 e. The van der Waals surface area contributed by atoms with Crippen LogP contribution in [0.25, 0.3) is 21.9 Å². The number of ether oxygens (including phenoxy) is 2. The molecule has 0 aromatic heterocycles. The molecule has 1 saturated carbocycles. The number of carbonyl (C=O) groups excluding carboxylic acids is 1. The first-order chi connectivity index (χ1) is 26.1. The number of carbonyl (C=O) groups is 2. The van der Waals surface area contributed by atoms with Gasteiger partial charge in [0.25, 0.3) is 0 Å². The van der Waals surface area contributed by atoms with E-state index < -0.39 is 68.2 Å². The number of benzene rings is 3. The number of hydrogen-bond acceptors (Lipinski definition) is 6. The van der Waals surface area contributed by atoms with Crippen molar-refractivity contribution in [2.24, 2.45) is 10.8 Å². The lowest BCUT2D eigenvalue weighted by molar-refractivity contribution is -0.236. The van der Waals surface area contributed by atoms with Crippen LogP contribution in [0.1, 0.15) is 68.9 Å². The molecule has 6 rings (SSSR count). The highest BCUT2D eigenvalue weighted by Crippen LogP contribution is 2.49. The molecule has 14 heteroatoms. The first kappa shape index (κ1) is 40.6. The highest BCUT2D eigenvalue weighted by atomic mass is 19.4. The lowest BCUT2D eigenvalue weighted by Crippen LogP contribution is -2.59. The number of nitrogens with zero attached hydrogens (tertiary/aromatic N) is 2. The van der Waals surface area contributed by atoms with Gasteiger partial charge in [-0.25, -0.2) is 4.79 Å². The van der Waals surface area contributed by atoms with Crippen LogP contribution >= 0.6 is 0 Å². The van der Waals surface area contributed by atoms with Crippen LogP contribution in [0.4, 0.5) is 26.3 Å². The third-order valence-corrected chi connectivity index (χ3v) is 12.2. The molecule has 1 spiro atoms. The number of carboxylic acids is 1. The Morgan fingerprint density at radius 3 is 2.02 bits per heavy atom. The van der Waals surface area contributed by atoms with Gasteiger partial charge in [0.2, 0.25) is 5.91 Å². The van der Waals surface area contributed by atoms with Gasteiger partial charge in [-0.2, -0.15) is 26.3 Å². The molecule has 0 bridgehead atoms. The van der Waals surface area contributed by atoms with Gasteiger partial charge in [0.15, 0.2) is 0 Å². The van der Waals surface area contributed by atoms with E-state index in [1.165, 1.54) is 44.9 Å². The van der Waals surface area contributed by atoms with E-state index in [4.69, 9.17) is 9.47 Å². The second kappa shape index (κ2) is 16.2. The number of rotatable bonds is 11. The molecule has 1 amide bonds. The van der Waals surface area contributed by atoms with E-state index >= 15 is 0 Å². The first-order valence-electron chi connectivity index (χ1n) is 19.0. The van der Waals surface area contributed by atoms with Crippen LogP contribution in [0.2, 0.25) is 0 Å². The number of alkyl halides is 6. The van der Waals surface area contributed by atoms with Crippen LogP contribution < -0.4 is 14.8 Å². The largest absolute Gasteiger partial charge is 0.496 e. The number of carboxylic acid groups (broad SMARTS) is 1. The van der Waals surface area contributed by atoms with Crippen LogP contribution in [0.3, 0.4) is 0 Å². The Kier molecular flexibility index (Phi) is 12.0. The first-order valence-corrected chi connectivity index (χ1v) is 19.0. The number of methoxy groups -OCH3 is 2. The molecule has 1 aliphatic carbocycles. The summed E-state index contributed by atoms with van der Waals surface area (Å²) in [7, 11) is 3.18. The van der Waals surface area contributed by atoms with Crippen LogP contribution in [0, 0.1) is 10.8 Å². The summed E-state index contributed by atoms with van der Waals surface area (Å²) in [4.78, 5) is 29.2. The second-order valence-corrected chi connectivity index (χ2v) is 15.5. The van der Waals surface area contributed by atoms with Crippen molar-refractivity contribution in [1.29, 1.82) is 0 Å². The van der Waals surface area contributed by atoms with Crippen molar-refractivity contribution in [3.8, 4) is 22.6 Å². The van der Waals surface area contributed by atoms with Gasteiger partial charge in [0.1, 0.15) is 23.0 Å². The third-order valence-electron chi connectivity index (χ3n) is 12.2. The van der Waals surface area contributed by atoms with E-state index in [0.717, 1.165) is 29.1 Å². The minimum Gasteiger partial charge on any atom is -0.496 e. The zero-order valence-electron chi connectivity index (χ0n) is 31.3. The molecule has 2 saturated heterocycles. The summed E-state index contributed by atoms with van der Waals surface area (Å²) >= 11 is 0. The van der Waals surface area contributed by atoms with Gasteiger partial charge in [-0.1, -0.05) is 61.7 Å². The predicted molar refractivity (Wildman–Crippen MR) is 196 cm³/mol. The standard InChI is InChI=1S/C41H49F6N3O5/c1-54-33-13-12-28(25-49-20-16-38(17-21-49)14-4-3-5-15-38)35(55-2)34(33)31-11-7-9-29-27(8-6-10-30(29)31)24-32(36(51)52)48-37(53)39(41(45,46)47)18-22-50(23-19-39)26-40(42,43)44/h6-13,32H,3-5,14-26H2,1-2H3,(H,48,53)(H,51,52)/t32-/m0/s1. The average molecular weight is 778 g/mol. The van der Waals surface area contributed by atoms with Gasteiger partial charge in [0, 0.05) is 18.5 Å². The van der Waals surface area contributed by atoms with Crippen molar-refractivity contribution >= 4 is 22.6 Å². The minimum atomic E-state index is -5.11. The van der Waals surface area contributed by atoms with E-state index in [0.29, 0.717) is 45.4 Å². The lowest BCUT2D eigenvalue weighted by Gasteiger charge is -2.44. The Hall–Kier alpha value is -4.04. The molecule has 3 aromatic carbocycles. The molecule has 2 aliphatic heterocycles.